The molecular weight excluding hydrogens is 224 g/mol. The average Bonchev–Trinajstić information content (AvgIpc) is 2.29. The van der Waals surface area contributed by atoms with Crippen LogP contribution in [-0.2, 0) is 9.53 Å². The summed E-state index contributed by atoms with van der Waals surface area (Å²) >= 11 is 1.61. The van der Waals surface area contributed by atoms with E-state index in [4.69, 9.17) is 4.74 Å². The number of nitrogens with zero attached hydrogens (tertiary/aromatic N) is 1. The normalized spacial score (nSPS) is 16.4. The summed E-state index contributed by atoms with van der Waals surface area (Å²) in [5.74, 6) is 0.404. The van der Waals surface area contributed by atoms with Crippen molar-refractivity contribution in [3.63, 3.8) is 0 Å². The van der Waals surface area contributed by atoms with Gasteiger partial charge in [-0.3, -0.25) is 0 Å². The number of nitrogens with one attached hydrogen (secondary N) is 1. The van der Waals surface area contributed by atoms with Crippen LogP contribution in [0.3, 0.4) is 0 Å². The fourth-order valence-corrected chi connectivity index (χ4v) is 2.22. The lowest BCUT2D eigenvalue weighted by molar-refractivity contribution is -0.137. The first-order valence-corrected chi connectivity index (χ1v) is 6.00. The van der Waals surface area contributed by atoms with Crippen molar-refractivity contribution >= 4 is 23.4 Å². The van der Waals surface area contributed by atoms with E-state index < -0.39 is 0 Å². The molecule has 16 heavy (non-hydrogen) atoms. The molecule has 1 aliphatic rings. The molecular formula is C11H12N2O2S. The molecule has 0 aromatic carbocycles. The van der Waals surface area contributed by atoms with Crippen LogP contribution in [0, 0.1) is 0 Å². The van der Waals surface area contributed by atoms with Gasteiger partial charge in [0.2, 0.25) is 0 Å². The van der Waals surface area contributed by atoms with Crippen LogP contribution in [-0.4, -0.2) is 23.3 Å². The quantitative estimate of drug-likeness (QED) is 0.629. The highest BCUT2D eigenvalue weighted by atomic mass is 32.2. The first kappa shape index (κ1) is 11.0. The number of thioether (sulfide) groups is 1. The molecule has 2 rings (SSSR count). The van der Waals surface area contributed by atoms with Crippen LogP contribution in [0.25, 0.3) is 0 Å². The lowest BCUT2D eigenvalue weighted by Crippen LogP contribution is -2.12. The number of aromatic nitrogens is 1. The van der Waals surface area contributed by atoms with Crippen LogP contribution in [0.5, 0.6) is 0 Å². The van der Waals surface area contributed by atoms with Gasteiger partial charge < -0.3 is 10.1 Å². The number of fused-ring (bicyclic) bond motifs is 1. The maximum Gasteiger partial charge on any atom is 0.332 e. The van der Waals surface area contributed by atoms with Gasteiger partial charge in [-0.25, -0.2) is 9.78 Å². The molecule has 0 bridgehead atoms. The molecule has 4 nitrogen and oxygen atoms in total. The zero-order valence-electron chi connectivity index (χ0n) is 8.90. The van der Waals surface area contributed by atoms with Crippen molar-refractivity contribution in [1.82, 2.24) is 4.98 Å². The highest BCUT2D eigenvalue weighted by Gasteiger charge is 2.14. The molecule has 2 heterocycles. The van der Waals surface area contributed by atoms with E-state index in [1.165, 1.54) is 6.08 Å². The topological polar surface area (TPSA) is 51.2 Å². The third kappa shape index (κ3) is 2.55. The molecule has 0 saturated heterocycles. The van der Waals surface area contributed by atoms with E-state index in [0.29, 0.717) is 12.4 Å². The average molecular weight is 236 g/mol. The predicted molar refractivity (Wildman–Crippen MR) is 63.3 cm³/mol. The van der Waals surface area contributed by atoms with Crippen molar-refractivity contribution in [3.05, 3.63) is 30.1 Å². The minimum absolute atomic E-state index is 0.307. The van der Waals surface area contributed by atoms with Crippen LogP contribution in [0.15, 0.2) is 35.1 Å². The van der Waals surface area contributed by atoms with Crippen LogP contribution >= 0.6 is 11.8 Å². The Morgan fingerprint density at radius 3 is 3.44 bits per heavy atom. The lowest BCUT2D eigenvalue weighted by Gasteiger charge is -2.18. The molecule has 1 aliphatic heterocycles. The van der Waals surface area contributed by atoms with Crippen molar-refractivity contribution < 1.29 is 9.53 Å². The van der Waals surface area contributed by atoms with E-state index in [1.807, 2.05) is 12.1 Å². The summed E-state index contributed by atoms with van der Waals surface area (Å²) < 4.78 is 4.85. The maximum absolute atomic E-state index is 11.3. The Morgan fingerprint density at radius 1 is 1.75 bits per heavy atom. The largest absolute Gasteiger partial charge is 0.463 e. The minimum atomic E-state index is -0.307. The zero-order valence-corrected chi connectivity index (χ0v) is 9.71. The summed E-state index contributed by atoms with van der Waals surface area (Å²) in [5, 5.41) is 4.12. The first-order valence-electron chi connectivity index (χ1n) is 5.01. The first-order chi connectivity index (χ1) is 7.79. The third-order valence-corrected chi connectivity index (χ3v) is 3.06. The lowest BCUT2D eigenvalue weighted by atomic mass is 10.3. The molecule has 0 saturated carbocycles. The van der Waals surface area contributed by atoms with Crippen molar-refractivity contribution in [1.29, 1.82) is 0 Å². The smallest absolute Gasteiger partial charge is 0.332 e. The van der Waals surface area contributed by atoms with E-state index in [0.717, 1.165) is 16.4 Å². The number of hydrogen-bond acceptors (Lipinski definition) is 5. The monoisotopic (exact) mass is 236 g/mol. The van der Waals surface area contributed by atoms with Crippen LogP contribution in [0.4, 0.5) is 5.69 Å². The number of anilines is 1. The van der Waals surface area contributed by atoms with Crippen molar-refractivity contribution in [2.24, 2.45) is 0 Å². The summed E-state index contributed by atoms with van der Waals surface area (Å²) in [6.45, 7) is 2.19. The van der Waals surface area contributed by atoms with Gasteiger partial charge in [0.05, 0.1) is 12.3 Å². The Morgan fingerprint density at radius 2 is 2.62 bits per heavy atom. The molecule has 0 spiro atoms. The zero-order chi connectivity index (χ0) is 11.4. The highest BCUT2D eigenvalue weighted by Crippen LogP contribution is 2.31. The maximum atomic E-state index is 11.3. The number of hydrogen-bond donors (Lipinski definition) is 1. The molecule has 0 amide bonds. The van der Waals surface area contributed by atoms with Crippen molar-refractivity contribution in [3.8, 4) is 0 Å². The van der Waals surface area contributed by atoms with Gasteiger partial charge in [-0.05, 0) is 19.1 Å². The second-order valence-corrected chi connectivity index (χ2v) is 4.16. The van der Waals surface area contributed by atoms with E-state index in [2.05, 4.69) is 10.3 Å². The predicted octanol–water partition coefficient (Wildman–Crippen LogP) is 2.05. The minimum Gasteiger partial charge on any atom is -0.463 e. The molecule has 1 aromatic rings. The van der Waals surface area contributed by atoms with Gasteiger partial charge in [-0.2, -0.15) is 0 Å². The summed E-state index contributed by atoms with van der Waals surface area (Å²) in [6, 6.07) is 3.80. The van der Waals surface area contributed by atoms with E-state index in [1.54, 1.807) is 24.9 Å². The SMILES string of the molecule is CCOC(=O)C=C1CSc2ncccc2N1. The van der Waals surface area contributed by atoms with Crippen molar-refractivity contribution in [2.75, 3.05) is 17.7 Å². The molecule has 0 atom stereocenters. The summed E-state index contributed by atoms with van der Waals surface area (Å²) in [6.07, 6.45) is 3.25. The number of carbonyl (C=O) groups excluding carboxylic acids is 1. The number of ether oxygens (including phenoxy) is 1. The fourth-order valence-electron chi connectivity index (χ4n) is 1.36. The number of rotatable bonds is 2. The number of esters is 1. The number of pyridine rings is 1. The highest BCUT2D eigenvalue weighted by molar-refractivity contribution is 7.99. The van der Waals surface area contributed by atoms with Gasteiger partial charge in [0.25, 0.3) is 0 Å². The van der Waals surface area contributed by atoms with Gasteiger partial charge in [0.1, 0.15) is 5.03 Å². The van der Waals surface area contributed by atoms with E-state index in [-0.39, 0.29) is 5.97 Å². The van der Waals surface area contributed by atoms with Crippen LogP contribution < -0.4 is 5.32 Å². The van der Waals surface area contributed by atoms with Crippen LogP contribution in [0.1, 0.15) is 6.92 Å². The molecule has 84 valence electrons. The number of carbonyl (C=O) groups is 1. The van der Waals surface area contributed by atoms with Gasteiger partial charge in [-0.1, -0.05) is 11.8 Å². The molecule has 0 radical (unpaired) electrons. The van der Waals surface area contributed by atoms with Crippen LogP contribution in [0.2, 0.25) is 0 Å². The molecule has 5 heteroatoms. The summed E-state index contributed by atoms with van der Waals surface area (Å²) in [5.41, 5.74) is 1.79. The fraction of sp³-hybridized carbons (Fsp3) is 0.273. The molecule has 1 N–H and O–H groups in total. The Balaban J connectivity index is 2.10. The van der Waals surface area contributed by atoms with Gasteiger partial charge in [-0.15, -0.1) is 0 Å². The summed E-state index contributed by atoms with van der Waals surface area (Å²) in [4.78, 5) is 15.5. The molecule has 0 aliphatic carbocycles. The Kier molecular flexibility index (Phi) is 3.46. The standard InChI is InChI=1S/C11H12N2O2S/c1-2-15-10(14)6-8-7-16-11-9(13-8)4-3-5-12-11/h3-6,13H,2,7H2,1H3. The molecule has 0 unspecified atom stereocenters. The summed E-state index contributed by atoms with van der Waals surface area (Å²) in [7, 11) is 0. The van der Waals surface area contributed by atoms with Gasteiger partial charge in [0, 0.05) is 23.7 Å². The van der Waals surface area contributed by atoms with Gasteiger partial charge in [0.15, 0.2) is 0 Å². The van der Waals surface area contributed by atoms with Gasteiger partial charge >= 0.3 is 5.97 Å². The Bertz CT molecular complexity index is 432. The Hall–Kier alpha value is -1.49. The second-order valence-electron chi connectivity index (χ2n) is 3.19. The molecule has 1 aromatic heterocycles. The second kappa shape index (κ2) is 5.03. The molecule has 0 fully saturated rings. The van der Waals surface area contributed by atoms with E-state index >= 15 is 0 Å². The van der Waals surface area contributed by atoms with Crippen molar-refractivity contribution in [2.45, 2.75) is 11.9 Å². The third-order valence-electron chi connectivity index (χ3n) is 2.01. The van der Waals surface area contributed by atoms with E-state index in [9.17, 15) is 4.79 Å². The Labute approximate surface area is 98.1 Å².